The van der Waals surface area contributed by atoms with E-state index in [0.29, 0.717) is 12.3 Å². The van der Waals surface area contributed by atoms with Gasteiger partial charge in [-0.1, -0.05) is 26.2 Å². The Morgan fingerprint density at radius 1 is 1.14 bits per heavy atom. The Labute approximate surface area is 127 Å². The van der Waals surface area contributed by atoms with E-state index in [-0.39, 0.29) is 12.1 Å². The number of nitrogens with zero attached hydrogens (tertiary/aromatic N) is 1. The third-order valence-corrected chi connectivity index (χ3v) is 4.60. The van der Waals surface area contributed by atoms with E-state index in [0.717, 1.165) is 45.2 Å². The van der Waals surface area contributed by atoms with Crippen molar-refractivity contribution in [3.63, 3.8) is 0 Å². The quantitative estimate of drug-likeness (QED) is 0.740. The molecule has 0 aromatic rings. The normalized spacial score (nSPS) is 26.0. The number of aliphatic carboxylic acids is 1. The van der Waals surface area contributed by atoms with E-state index in [1.165, 1.54) is 12.8 Å². The van der Waals surface area contributed by atoms with Crippen LogP contribution in [0.5, 0.6) is 0 Å². The molecule has 2 aliphatic rings. The maximum Gasteiger partial charge on any atom is 0.317 e. The fraction of sp³-hybridized carbons (Fsp3) is 0.875. The van der Waals surface area contributed by atoms with Gasteiger partial charge in [0.05, 0.1) is 5.92 Å². The van der Waals surface area contributed by atoms with Crippen LogP contribution in [0.3, 0.4) is 0 Å². The lowest BCUT2D eigenvalue weighted by atomic mass is 9.95. The summed E-state index contributed by atoms with van der Waals surface area (Å²) in [4.78, 5) is 25.8. The first-order valence-electron chi connectivity index (χ1n) is 8.40. The molecule has 2 unspecified atom stereocenters. The van der Waals surface area contributed by atoms with E-state index in [1.54, 1.807) is 0 Å². The van der Waals surface area contributed by atoms with Gasteiger partial charge in [-0.25, -0.2) is 4.79 Å². The molecule has 0 radical (unpaired) electrons. The van der Waals surface area contributed by atoms with E-state index >= 15 is 0 Å². The predicted octanol–water partition coefficient (Wildman–Crippen LogP) is 2.85. The van der Waals surface area contributed by atoms with Crippen molar-refractivity contribution in [2.75, 3.05) is 13.1 Å². The second-order valence-corrected chi connectivity index (χ2v) is 6.53. The predicted molar refractivity (Wildman–Crippen MR) is 81.1 cm³/mol. The molecule has 5 heteroatoms. The largest absolute Gasteiger partial charge is 0.481 e. The summed E-state index contributed by atoms with van der Waals surface area (Å²) in [5.74, 6) is -0.543. The second-order valence-electron chi connectivity index (χ2n) is 6.53. The van der Waals surface area contributed by atoms with Crippen LogP contribution in [0.4, 0.5) is 4.79 Å². The highest BCUT2D eigenvalue weighted by atomic mass is 16.4. The van der Waals surface area contributed by atoms with Crippen molar-refractivity contribution >= 4 is 12.0 Å². The summed E-state index contributed by atoms with van der Waals surface area (Å²) in [5.41, 5.74) is 0. The third kappa shape index (κ3) is 4.90. The lowest BCUT2D eigenvalue weighted by molar-refractivity contribution is -0.142. The van der Waals surface area contributed by atoms with Gasteiger partial charge in [0.25, 0.3) is 0 Å². The number of rotatable bonds is 6. The van der Waals surface area contributed by atoms with Crippen molar-refractivity contribution in [2.45, 2.75) is 64.3 Å². The van der Waals surface area contributed by atoms with Crippen LogP contribution in [0, 0.1) is 11.8 Å². The first-order chi connectivity index (χ1) is 10.1. The van der Waals surface area contributed by atoms with Gasteiger partial charge in [0.15, 0.2) is 0 Å². The molecule has 5 nitrogen and oxygen atoms in total. The van der Waals surface area contributed by atoms with Crippen LogP contribution in [-0.4, -0.2) is 41.1 Å². The first kappa shape index (κ1) is 16.1. The van der Waals surface area contributed by atoms with Gasteiger partial charge in [-0.3, -0.25) is 4.79 Å². The Morgan fingerprint density at radius 3 is 2.48 bits per heavy atom. The van der Waals surface area contributed by atoms with Gasteiger partial charge in [0, 0.05) is 19.1 Å². The minimum Gasteiger partial charge on any atom is -0.481 e. The van der Waals surface area contributed by atoms with Crippen LogP contribution < -0.4 is 5.32 Å². The van der Waals surface area contributed by atoms with Gasteiger partial charge >= 0.3 is 12.0 Å². The minimum absolute atomic E-state index is 0.0677. The van der Waals surface area contributed by atoms with Crippen molar-refractivity contribution < 1.29 is 14.7 Å². The number of urea groups is 1. The Morgan fingerprint density at radius 2 is 1.86 bits per heavy atom. The highest BCUT2D eigenvalue weighted by Crippen LogP contribution is 2.30. The molecule has 0 aromatic carbocycles. The van der Waals surface area contributed by atoms with Crippen LogP contribution >= 0.6 is 0 Å². The summed E-state index contributed by atoms with van der Waals surface area (Å²) in [5, 5.41) is 12.4. The fourth-order valence-electron chi connectivity index (χ4n) is 3.18. The number of carboxylic acid groups (broad SMARTS) is 1. The van der Waals surface area contributed by atoms with E-state index in [1.807, 2.05) is 4.90 Å². The number of hydrogen-bond acceptors (Lipinski definition) is 2. The van der Waals surface area contributed by atoms with Crippen LogP contribution in [0.2, 0.25) is 0 Å². The molecule has 2 aliphatic carbocycles. The Hall–Kier alpha value is -1.26. The zero-order chi connectivity index (χ0) is 15.2. The van der Waals surface area contributed by atoms with Gasteiger partial charge in [-0.05, 0) is 38.0 Å². The van der Waals surface area contributed by atoms with E-state index in [2.05, 4.69) is 12.2 Å². The van der Waals surface area contributed by atoms with Gasteiger partial charge in [0.1, 0.15) is 0 Å². The molecule has 2 amide bonds. The average molecular weight is 296 g/mol. The van der Waals surface area contributed by atoms with Crippen LogP contribution in [0.25, 0.3) is 0 Å². The Kier molecular flexibility index (Phi) is 5.88. The van der Waals surface area contributed by atoms with Gasteiger partial charge in [-0.2, -0.15) is 0 Å². The maximum atomic E-state index is 12.5. The minimum atomic E-state index is -0.772. The molecule has 0 bridgehead atoms. The van der Waals surface area contributed by atoms with E-state index in [4.69, 9.17) is 0 Å². The van der Waals surface area contributed by atoms with Crippen molar-refractivity contribution in [3.8, 4) is 0 Å². The average Bonchev–Trinajstić information content (AvgIpc) is 3.25. The summed E-state index contributed by atoms with van der Waals surface area (Å²) in [6, 6.07) is -0.280. The van der Waals surface area contributed by atoms with Gasteiger partial charge in [0.2, 0.25) is 0 Å². The zero-order valence-electron chi connectivity index (χ0n) is 13.0. The number of carbonyl (C=O) groups excluding carboxylic acids is 1. The molecule has 0 aliphatic heterocycles. The van der Waals surface area contributed by atoms with E-state index in [9.17, 15) is 14.7 Å². The Balaban J connectivity index is 1.94. The van der Waals surface area contributed by atoms with Crippen molar-refractivity contribution in [3.05, 3.63) is 0 Å². The highest BCUT2D eigenvalue weighted by molar-refractivity contribution is 5.77. The van der Waals surface area contributed by atoms with Gasteiger partial charge in [-0.15, -0.1) is 0 Å². The molecule has 2 saturated carbocycles. The Bertz CT molecular complexity index is 369. The summed E-state index contributed by atoms with van der Waals surface area (Å²) in [6.45, 7) is 3.65. The van der Waals surface area contributed by atoms with Crippen LogP contribution in [0.1, 0.15) is 58.3 Å². The summed E-state index contributed by atoms with van der Waals surface area (Å²) in [6.07, 6.45) is 7.85. The number of carbonyl (C=O) groups is 2. The molecule has 2 fully saturated rings. The van der Waals surface area contributed by atoms with E-state index < -0.39 is 11.9 Å². The lowest BCUT2D eigenvalue weighted by Gasteiger charge is -2.28. The fourth-order valence-corrected chi connectivity index (χ4v) is 3.18. The summed E-state index contributed by atoms with van der Waals surface area (Å²) < 4.78 is 0. The van der Waals surface area contributed by atoms with Crippen molar-refractivity contribution in [1.29, 1.82) is 0 Å². The van der Waals surface area contributed by atoms with Crippen LogP contribution in [0.15, 0.2) is 0 Å². The molecule has 0 heterocycles. The molecule has 0 aromatic heterocycles. The molecule has 0 spiro atoms. The molecular formula is C16H28N2O3. The lowest BCUT2D eigenvalue weighted by Crippen LogP contribution is -2.49. The second kappa shape index (κ2) is 7.66. The SMILES string of the molecule is CCCN(CC1CC1)C(=O)NC1CCCCCC1C(=O)O. The van der Waals surface area contributed by atoms with Crippen molar-refractivity contribution in [1.82, 2.24) is 10.2 Å². The molecule has 0 saturated heterocycles. The zero-order valence-corrected chi connectivity index (χ0v) is 13.0. The smallest absolute Gasteiger partial charge is 0.317 e. The topological polar surface area (TPSA) is 69.6 Å². The summed E-state index contributed by atoms with van der Waals surface area (Å²) in [7, 11) is 0. The molecular weight excluding hydrogens is 268 g/mol. The number of hydrogen-bond donors (Lipinski definition) is 2. The highest BCUT2D eigenvalue weighted by Gasteiger charge is 2.32. The third-order valence-electron chi connectivity index (χ3n) is 4.60. The summed E-state index contributed by atoms with van der Waals surface area (Å²) >= 11 is 0. The number of carboxylic acids is 1. The number of amides is 2. The molecule has 120 valence electrons. The molecule has 2 N–H and O–H groups in total. The molecule has 21 heavy (non-hydrogen) atoms. The van der Waals surface area contributed by atoms with Crippen LogP contribution in [-0.2, 0) is 4.79 Å². The maximum absolute atomic E-state index is 12.5. The van der Waals surface area contributed by atoms with Gasteiger partial charge < -0.3 is 15.3 Å². The standard InChI is InChI=1S/C16H28N2O3/c1-2-10-18(11-12-8-9-12)16(21)17-14-7-5-3-4-6-13(14)15(19)20/h12-14H,2-11H2,1H3,(H,17,21)(H,19,20). The van der Waals surface area contributed by atoms with Crippen molar-refractivity contribution in [2.24, 2.45) is 11.8 Å². The monoisotopic (exact) mass is 296 g/mol. The number of nitrogens with one attached hydrogen (secondary N) is 1. The molecule has 2 rings (SSSR count). The molecule has 2 atom stereocenters. The first-order valence-corrected chi connectivity index (χ1v) is 8.40.